The van der Waals surface area contributed by atoms with Gasteiger partial charge in [0.1, 0.15) is 11.6 Å². The number of rotatable bonds is 8. The maximum Gasteiger partial charge on any atom is 0.407 e. The first-order valence-electron chi connectivity index (χ1n) is 8.69. The Hall–Kier alpha value is -2.61. The van der Waals surface area contributed by atoms with Crippen molar-refractivity contribution in [2.75, 3.05) is 13.7 Å². The summed E-state index contributed by atoms with van der Waals surface area (Å²) in [6.07, 6.45) is -0.471. The third-order valence-corrected chi connectivity index (χ3v) is 3.35. The van der Waals surface area contributed by atoms with Crippen LogP contribution in [0.4, 0.5) is 4.79 Å². The summed E-state index contributed by atoms with van der Waals surface area (Å²) in [6.45, 7) is 7.52. The van der Waals surface area contributed by atoms with Crippen molar-refractivity contribution in [1.29, 1.82) is 0 Å². The molecule has 3 N–H and O–H groups in total. The fraction of sp³-hybridized carbons (Fsp3) is 0.526. The molecule has 150 valence electrons. The minimum atomic E-state index is -0.732. The molecule has 0 aliphatic rings. The molecule has 1 aromatic rings. The SMILES string of the molecule is COC[C@@H](NC(C)=O)C(=O)NCc1ccc(CNC(=O)OC(C)(C)C)cc1. The van der Waals surface area contributed by atoms with Crippen LogP contribution in [-0.4, -0.2) is 43.3 Å². The van der Waals surface area contributed by atoms with Gasteiger partial charge in [-0.25, -0.2) is 4.79 Å². The van der Waals surface area contributed by atoms with Crippen molar-refractivity contribution in [2.45, 2.75) is 52.4 Å². The van der Waals surface area contributed by atoms with E-state index in [0.717, 1.165) is 11.1 Å². The van der Waals surface area contributed by atoms with Crippen molar-refractivity contribution in [3.05, 3.63) is 35.4 Å². The van der Waals surface area contributed by atoms with Gasteiger partial charge in [0.05, 0.1) is 6.61 Å². The molecule has 1 atom stereocenters. The largest absolute Gasteiger partial charge is 0.444 e. The van der Waals surface area contributed by atoms with Crippen LogP contribution in [0.15, 0.2) is 24.3 Å². The molecule has 0 saturated carbocycles. The van der Waals surface area contributed by atoms with E-state index in [-0.39, 0.29) is 18.4 Å². The number of amides is 3. The highest BCUT2D eigenvalue weighted by atomic mass is 16.6. The molecule has 8 heteroatoms. The van der Waals surface area contributed by atoms with Crippen molar-refractivity contribution in [3.8, 4) is 0 Å². The van der Waals surface area contributed by atoms with Gasteiger partial charge in [-0.3, -0.25) is 9.59 Å². The van der Waals surface area contributed by atoms with E-state index in [1.54, 1.807) is 20.8 Å². The molecular formula is C19H29N3O5. The molecule has 0 aliphatic carbocycles. The van der Waals surface area contributed by atoms with Gasteiger partial charge in [0.25, 0.3) is 0 Å². The Labute approximate surface area is 160 Å². The second-order valence-electron chi connectivity index (χ2n) is 7.10. The topological polar surface area (TPSA) is 106 Å². The molecule has 8 nitrogen and oxygen atoms in total. The number of hydrogen-bond donors (Lipinski definition) is 3. The second kappa shape index (κ2) is 10.5. The molecule has 1 aromatic carbocycles. The quantitative estimate of drug-likeness (QED) is 0.634. The monoisotopic (exact) mass is 379 g/mol. The van der Waals surface area contributed by atoms with Gasteiger partial charge in [-0.2, -0.15) is 0 Å². The number of hydrogen-bond acceptors (Lipinski definition) is 5. The van der Waals surface area contributed by atoms with Gasteiger partial charge in [-0.15, -0.1) is 0 Å². The van der Waals surface area contributed by atoms with Crippen LogP contribution in [0.1, 0.15) is 38.8 Å². The van der Waals surface area contributed by atoms with Crippen LogP contribution in [0.3, 0.4) is 0 Å². The lowest BCUT2D eigenvalue weighted by Crippen LogP contribution is -2.48. The van der Waals surface area contributed by atoms with Gasteiger partial charge in [0.15, 0.2) is 0 Å². The fourth-order valence-electron chi connectivity index (χ4n) is 2.17. The maximum absolute atomic E-state index is 12.1. The molecule has 0 spiro atoms. The molecule has 3 amide bonds. The molecule has 1 rings (SSSR count). The van der Waals surface area contributed by atoms with Gasteiger partial charge < -0.3 is 25.4 Å². The van der Waals surface area contributed by atoms with Crippen LogP contribution in [-0.2, 0) is 32.2 Å². The normalized spacial score (nSPS) is 12.0. The number of nitrogens with one attached hydrogen (secondary N) is 3. The van der Waals surface area contributed by atoms with E-state index in [0.29, 0.717) is 13.1 Å². The lowest BCUT2D eigenvalue weighted by atomic mass is 10.1. The number of alkyl carbamates (subject to hydrolysis) is 1. The fourth-order valence-corrected chi connectivity index (χ4v) is 2.17. The standard InChI is InChI=1S/C19H29N3O5/c1-13(23)22-16(12-26-5)17(24)20-10-14-6-8-15(9-7-14)11-21-18(25)27-19(2,3)4/h6-9,16H,10-12H2,1-5H3,(H,20,24)(H,21,25)(H,22,23)/t16-/m1/s1. The number of ether oxygens (including phenoxy) is 2. The van der Waals surface area contributed by atoms with Gasteiger partial charge in [-0.1, -0.05) is 24.3 Å². The molecule has 0 heterocycles. The number of methoxy groups -OCH3 is 1. The van der Waals surface area contributed by atoms with Crippen LogP contribution in [0.25, 0.3) is 0 Å². The van der Waals surface area contributed by atoms with E-state index in [2.05, 4.69) is 16.0 Å². The first-order chi connectivity index (χ1) is 12.6. The minimum Gasteiger partial charge on any atom is -0.444 e. The molecule has 27 heavy (non-hydrogen) atoms. The zero-order valence-electron chi connectivity index (χ0n) is 16.5. The van der Waals surface area contributed by atoms with Crippen molar-refractivity contribution >= 4 is 17.9 Å². The molecule has 0 saturated heterocycles. The average Bonchev–Trinajstić information content (AvgIpc) is 2.56. The maximum atomic E-state index is 12.1. The number of carbonyl (C=O) groups is 3. The molecule has 0 aromatic heterocycles. The molecule has 0 fully saturated rings. The summed E-state index contributed by atoms with van der Waals surface area (Å²) in [7, 11) is 1.46. The smallest absolute Gasteiger partial charge is 0.407 e. The van der Waals surface area contributed by atoms with E-state index >= 15 is 0 Å². The molecule has 0 bridgehead atoms. The first kappa shape index (κ1) is 22.4. The van der Waals surface area contributed by atoms with Gasteiger partial charge in [-0.05, 0) is 31.9 Å². The Bertz CT molecular complexity index is 638. The van der Waals surface area contributed by atoms with Crippen molar-refractivity contribution in [1.82, 2.24) is 16.0 Å². The predicted molar refractivity (Wildman–Crippen MR) is 101 cm³/mol. The summed E-state index contributed by atoms with van der Waals surface area (Å²) < 4.78 is 10.1. The van der Waals surface area contributed by atoms with Crippen LogP contribution in [0.2, 0.25) is 0 Å². The van der Waals surface area contributed by atoms with Gasteiger partial charge in [0, 0.05) is 27.1 Å². The summed E-state index contributed by atoms with van der Waals surface area (Å²) in [4.78, 5) is 34.9. The van der Waals surface area contributed by atoms with E-state index in [1.165, 1.54) is 14.0 Å². The summed E-state index contributed by atoms with van der Waals surface area (Å²) in [5.41, 5.74) is 1.26. The van der Waals surface area contributed by atoms with Gasteiger partial charge in [0.2, 0.25) is 11.8 Å². The minimum absolute atomic E-state index is 0.0979. The molecule has 0 unspecified atom stereocenters. The summed E-state index contributed by atoms with van der Waals surface area (Å²) in [6, 6.07) is 6.70. The van der Waals surface area contributed by atoms with Crippen molar-refractivity contribution < 1.29 is 23.9 Å². The molecule has 0 radical (unpaired) electrons. The Morgan fingerprint density at radius 1 is 1.00 bits per heavy atom. The Morgan fingerprint density at radius 2 is 1.52 bits per heavy atom. The van der Waals surface area contributed by atoms with Crippen LogP contribution >= 0.6 is 0 Å². The highest BCUT2D eigenvalue weighted by Crippen LogP contribution is 2.08. The first-order valence-corrected chi connectivity index (χ1v) is 8.69. The Kier molecular flexibility index (Phi) is 8.74. The van der Waals surface area contributed by atoms with E-state index < -0.39 is 17.7 Å². The van der Waals surface area contributed by atoms with Crippen LogP contribution < -0.4 is 16.0 Å². The zero-order chi connectivity index (χ0) is 20.4. The average molecular weight is 379 g/mol. The number of benzene rings is 1. The second-order valence-corrected chi connectivity index (χ2v) is 7.10. The Morgan fingerprint density at radius 3 is 1.96 bits per heavy atom. The highest BCUT2D eigenvalue weighted by molar-refractivity contribution is 5.86. The highest BCUT2D eigenvalue weighted by Gasteiger charge is 2.19. The third-order valence-electron chi connectivity index (χ3n) is 3.35. The number of carbonyl (C=O) groups excluding carboxylic acids is 3. The molecular weight excluding hydrogens is 350 g/mol. The van der Waals surface area contributed by atoms with Crippen molar-refractivity contribution in [2.24, 2.45) is 0 Å². The lowest BCUT2D eigenvalue weighted by molar-refractivity contribution is -0.129. The van der Waals surface area contributed by atoms with Gasteiger partial charge >= 0.3 is 6.09 Å². The van der Waals surface area contributed by atoms with Crippen LogP contribution in [0, 0.1) is 0 Å². The van der Waals surface area contributed by atoms with E-state index in [4.69, 9.17) is 9.47 Å². The Balaban J connectivity index is 2.48. The summed E-state index contributed by atoms with van der Waals surface area (Å²) in [5, 5.41) is 7.99. The van der Waals surface area contributed by atoms with Crippen molar-refractivity contribution in [3.63, 3.8) is 0 Å². The summed E-state index contributed by atoms with van der Waals surface area (Å²) in [5.74, 6) is -0.614. The zero-order valence-corrected chi connectivity index (χ0v) is 16.5. The van der Waals surface area contributed by atoms with E-state index in [9.17, 15) is 14.4 Å². The third kappa shape index (κ3) is 9.60. The summed E-state index contributed by atoms with van der Waals surface area (Å²) >= 11 is 0. The van der Waals surface area contributed by atoms with E-state index in [1.807, 2.05) is 24.3 Å². The molecule has 0 aliphatic heterocycles. The lowest BCUT2D eigenvalue weighted by Gasteiger charge is -2.19. The predicted octanol–water partition coefficient (Wildman–Crippen LogP) is 1.48. The van der Waals surface area contributed by atoms with Crippen LogP contribution in [0.5, 0.6) is 0 Å².